The minimum atomic E-state index is -0.669. The lowest BCUT2D eigenvalue weighted by atomic mass is 10.3. The largest absolute Gasteiger partial charge is 0.368 e. The van der Waals surface area contributed by atoms with Crippen molar-refractivity contribution >= 4 is 33.4 Å². The minimum absolute atomic E-state index is 0.394. The van der Waals surface area contributed by atoms with Gasteiger partial charge in [-0.05, 0) is 0 Å². The van der Waals surface area contributed by atoms with Crippen LogP contribution in [0.2, 0.25) is 0 Å². The zero-order chi connectivity index (χ0) is 11.1. The van der Waals surface area contributed by atoms with Crippen molar-refractivity contribution < 1.29 is 9.59 Å². The first-order valence-corrected chi connectivity index (χ1v) is 6.28. The van der Waals surface area contributed by atoms with Crippen LogP contribution >= 0.6 is 21.6 Å². The molecule has 0 saturated carbocycles. The molecule has 0 spiro atoms. The third-order valence-corrected chi connectivity index (χ3v) is 3.78. The van der Waals surface area contributed by atoms with Crippen LogP contribution in [0.15, 0.2) is 0 Å². The molecule has 0 aliphatic rings. The molecule has 0 rings (SSSR count). The Labute approximate surface area is 89.9 Å². The molecule has 8 N–H and O–H groups in total. The van der Waals surface area contributed by atoms with Gasteiger partial charge in [-0.1, -0.05) is 21.6 Å². The van der Waals surface area contributed by atoms with E-state index in [1.165, 1.54) is 21.6 Å². The van der Waals surface area contributed by atoms with Crippen molar-refractivity contribution in [1.82, 2.24) is 0 Å². The normalized spacial score (nSPS) is 14.7. The summed E-state index contributed by atoms with van der Waals surface area (Å²) in [7, 11) is 2.68. The van der Waals surface area contributed by atoms with Crippen LogP contribution in [0, 0.1) is 0 Å². The Morgan fingerprint density at radius 3 is 1.43 bits per heavy atom. The zero-order valence-corrected chi connectivity index (χ0v) is 9.14. The van der Waals surface area contributed by atoms with Crippen LogP contribution in [0.5, 0.6) is 0 Å². The Morgan fingerprint density at radius 1 is 0.929 bits per heavy atom. The molecule has 0 unspecified atom stereocenters. The summed E-state index contributed by atoms with van der Waals surface area (Å²) >= 11 is 0. The van der Waals surface area contributed by atoms with Crippen LogP contribution in [-0.2, 0) is 9.59 Å². The third-order valence-electron chi connectivity index (χ3n) is 1.31. The number of hydrogen-bond donors (Lipinski definition) is 4. The number of carbonyl (C=O) groups excluding carboxylic acids is 2. The first-order chi connectivity index (χ1) is 6.45. The third kappa shape index (κ3) is 6.08. The molecule has 0 heterocycles. The molecule has 2 atom stereocenters. The van der Waals surface area contributed by atoms with E-state index in [4.69, 9.17) is 22.9 Å². The Bertz CT molecular complexity index is 192. The highest BCUT2D eigenvalue weighted by Gasteiger charge is 2.11. The molecule has 0 bridgehead atoms. The maximum Gasteiger partial charge on any atom is 0.235 e. The van der Waals surface area contributed by atoms with E-state index in [0.29, 0.717) is 11.5 Å². The average Bonchev–Trinajstić information content (AvgIpc) is 2.11. The summed E-state index contributed by atoms with van der Waals surface area (Å²) in [6.07, 6.45) is 0. The summed E-state index contributed by atoms with van der Waals surface area (Å²) in [5.41, 5.74) is 20.6. The quantitative estimate of drug-likeness (QED) is 0.299. The molecule has 6 nitrogen and oxygen atoms in total. The molecule has 0 aromatic carbocycles. The van der Waals surface area contributed by atoms with Gasteiger partial charge in [0.1, 0.15) is 0 Å². The Hall–Kier alpha value is -0.440. The SMILES string of the molecule is NC(=O)[C@H](N)CSSC[C@H](N)C(N)=O. The Kier molecular flexibility index (Phi) is 6.71. The lowest BCUT2D eigenvalue weighted by Gasteiger charge is -2.08. The van der Waals surface area contributed by atoms with Crippen LogP contribution in [0.4, 0.5) is 0 Å². The lowest BCUT2D eigenvalue weighted by Crippen LogP contribution is -2.39. The van der Waals surface area contributed by atoms with Gasteiger partial charge in [0.15, 0.2) is 0 Å². The second kappa shape index (κ2) is 6.93. The molecule has 0 saturated heterocycles. The number of carbonyl (C=O) groups is 2. The van der Waals surface area contributed by atoms with Crippen LogP contribution in [-0.4, -0.2) is 35.4 Å². The van der Waals surface area contributed by atoms with E-state index in [0.717, 1.165) is 0 Å². The highest BCUT2D eigenvalue weighted by Crippen LogP contribution is 2.21. The molecule has 14 heavy (non-hydrogen) atoms. The second-order valence-corrected chi connectivity index (χ2v) is 5.14. The van der Waals surface area contributed by atoms with Gasteiger partial charge in [0, 0.05) is 11.5 Å². The fourth-order valence-corrected chi connectivity index (χ4v) is 2.68. The predicted octanol–water partition coefficient (Wildman–Crippen LogP) is -2.01. The van der Waals surface area contributed by atoms with Crippen molar-refractivity contribution in [2.45, 2.75) is 12.1 Å². The van der Waals surface area contributed by atoms with E-state index in [9.17, 15) is 9.59 Å². The number of rotatable bonds is 7. The van der Waals surface area contributed by atoms with Crippen molar-refractivity contribution in [1.29, 1.82) is 0 Å². The van der Waals surface area contributed by atoms with Gasteiger partial charge >= 0.3 is 0 Å². The number of hydrogen-bond acceptors (Lipinski definition) is 6. The maximum atomic E-state index is 10.5. The highest BCUT2D eigenvalue weighted by molar-refractivity contribution is 8.76. The first-order valence-electron chi connectivity index (χ1n) is 3.79. The van der Waals surface area contributed by atoms with Crippen LogP contribution < -0.4 is 22.9 Å². The fourth-order valence-electron chi connectivity index (χ4n) is 0.407. The van der Waals surface area contributed by atoms with Gasteiger partial charge < -0.3 is 22.9 Å². The maximum absolute atomic E-state index is 10.5. The molecule has 0 aliphatic carbocycles. The first kappa shape index (κ1) is 13.6. The second-order valence-electron chi connectivity index (χ2n) is 2.59. The van der Waals surface area contributed by atoms with E-state index in [-0.39, 0.29) is 0 Å². The average molecular weight is 238 g/mol. The Morgan fingerprint density at radius 2 is 1.21 bits per heavy atom. The molecule has 2 amide bonds. The number of nitrogens with two attached hydrogens (primary N) is 4. The molecule has 0 aromatic rings. The summed E-state index contributed by atoms with van der Waals surface area (Å²) in [5, 5.41) is 0. The zero-order valence-electron chi connectivity index (χ0n) is 7.51. The van der Waals surface area contributed by atoms with Crippen molar-refractivity contribution in [3.05, 3.63) is 0 Å². The summed E-state index contributed by atoms with van der Waals surface area (Å²) in [5.74, 6) is -0.300. The van der Waals surface area contributed by atoms with Crippen molar-refractivity contribution in [2.75, 3.05) is 11.5 Å². The topological polar surface area (TPSA) is 138 Å². The van der Waals surface area contributed by atoms with Gasteiger partial charge in [-0.3, -0.25) is 9.59 Å². The van der Waals surface area contributed by atoms with Gasteiger partial charge in [0.05, 0.1) is 12.1 Å². The number of primary amides is 2. The van der Waals surface area contributed by atoms with E-state index >= 15 is 0 Å². The summed E-state index contributed by atoms with van der Waals surface area (Å²) in [6, 6.07) is -1.34. The monoisotopic (exact) mass is 238 g/mol. The van der Waals surface area contributed by atoms with Crippen molar-refractivity contribution in [2.24, 2.45) is 22.9 Å². The van der Waals surface area contributed by atoms with Gasteiger partial charge in [0.25, 0.3) is 0 Å². The number of amides is 2. The van der Waals surface area contributed by atoms with Gasteiger partial charge in [0.2, 0.25) is 11.8 Å². The summed E-state index contributed by atoms with van der Waals surface area (Å²) < 4.78 is 0. The van der Waals surface area contributed by atoms with E-state index < -0.39 is 23.9 Å². The molecular formula is C6H14N4O2S2. The molecule has 0 fully saturated rings. The van der Waals surface area contributed by atoms with Crippen molar-refractivity contribution in [3.8, 4) is 0 Å². The molecule has 0 radical (unpaired) electrons. The molecule has 0 aromatic heterocycles. The predicted molar refractivity (Wildman–Crippen MR) is 59.3 cm³/mol. The van der Waals surface area contributed by atoms with E-state index in [1.54, 1.807) is 0 Å². The fraction of sp³-hybridized carbons (Fsp3) is 0.667. The van der Waals surface area contributed by atoms with Crippen LogP contribution in [0.1, 0.15) is 0 Å². The van der Waals surface area contributed by atoms with Gasteiger partial charge in [-0.2, -0.15) is 0 Å². The summed E-state index contributed by atoms with van der Waals surface area (Å²) in [6.45, 7) is 0. The minimum Gasteiger partial charge on any atom is -0.368 e. The van der Waals surface area contributed by atoms with Gasteiger partial charge in [-0.15, -0.1) is 0 Å². The molecule has 82 valence electrons. The highest BCUT2D eigenvalue weighted by atomic mass is 33.1. The molecular weight excluding hydrogens is 224 g/mol. The molecule has 0 aliphatic heterocycles. The Balaban J connectivity index is 3.47. The molecule has 8 heteroatoms. The summed E-state index contributed by atoms with van der Waals surface area (Å²) in [4.78, 5) is 21.0. The van der Waals surface area contributed by atoms with Crippen LogP contribution in [0.3, 0.4) is 0 Å². The van der Waals surface area contributed by atoms with Crippen LogP contribution in [0.25, 0.3) is 0 Å². The smallest absolute Gasteiger partial charge is 0.235 e. The lowest BCUT2D eigenvalue weighted by molar-refractivity contribution is -0.119. The standard InChI is InChI=1S/C6H14N4O2S2/c7-3(5(9)11)1-13-14-2-4(8)6(10)12/h3-4H,1-2,7-8H2,(H2,9,11)(H2,10,12)/t3-,4+. The van der Waals surface area contributed by atoms with E-state index in [1.807, 2.05) is 0 Å². The van der Waals surface area contributed by atoms with E-state index in [2.05, 4.69) is 0 Å². The van der Waals surface area contributed by atoms with Gasteiger partial charge in [-0.25, -0.2) is 0 Å². The van der Waals surface area contributed by atoms with Crippen molar-refractivity contribution in [3.63, 3.8) is 0 Å².